The lowest BCUT2D eigenvalue weighted by Gasteiger charge is -2.46. The molecule has 2 aliphatic heterocycles. The molecular formula is C15H24O4. The Bertz CT molecular complexity index is 390. The van der Waals surface area contributed by atoms with Crippen LogP contribution >= 0.6 is 0 Å². The first kappa shape index (κ1) is 14.5. The zero-order valence-electron chi connectivity index (χ0n) is 12.4. The highest BCUT2D eigenvalue weighted by atomic mass is 16.6. The molecule has 4 heteroatoms. The van der Waals surface area contributed by atoms with E-state index in [1.54, 1.807) is 6.92 Å². The number of carbonyl (C=O) groups excluding carboxylic acids is 1. The van der Waals surface area contributed by atoms with Gasteiger partial charge in [-0.3, -0.25) is 4.79 Å². The molecule has 19 heavy (non-hydrogen) atoms. The van der Waals surface area contributed by atoms with Gasteiger partial charge < -0.3 is 14.6 Å². The van der Waals surface area contributed by atoms with E-state index >= 15 is 0 Å². The molecule has 2 fully saturated rings. The van der Waals surface area contributed by atoms with Gasteiger partial charge in [-0.25, -0.2) is 0 Å². The molecule has 0 aromatic carbocycles. The van der Waals surface area contributed by atoms with Crippen molar-refractivity contribution in [1.29, 1.82) is 0 Å². The van der Waals surface area contributed by atoms with Crippen molar-refractivity contribution in [3.8, 4) is 0 Å². The topological polar surface area (TPSA) is 55.8 Å². The van der Waals surface area contributed by atoms with E-state index in [-0.39, 0.29) is 23.6 Å². The lowest BCUT2D eigenvalue weighted by atomic mass is 9.61. The average molecular weight is 268 g/mol. The summed E-state index contributed by atoms with van der Waals surface area (Å²) >= 11 is 0. The fourth-order valence-electron chi connectivity index (χ4n) is 3.77. The maximum absolute atomic E-state index is 10.9. The Morgan fingerprint density at radius 3 is 2.53 bits per heavy atom. The molecule has 2 saturated heterocycles. The number of rotatable bonds is 3. The van der Waals surface area contributed by atoms with Crippen LogP contribution in [-0.2, 0) is 14.3 Å². The number of hydrogen-bond acceptors (Lipinski definition) is 4. The third-order valence-corrected chi connectivity index (χ3v) is 4.48. The van der Waals surface area contributed by atoms with Gasteiger partial charge in [-0.2, -0.15) is 0 Å². The smallest absolute Gasteiger partial charge is 0.303 e. The van der Waals surface area contributed by atoms with E-state index in [2.05, 4.69) is 13.8 Å². The second-order valence-electron chi connectivity index (χ2n) is 6.72. The first-order valence-electron chi connectivity index (χ1n) is 6.86. The van der Waals surface area contributed by atoms with Crippen LogP contribution in [0.3, 0.4) is 0 Å². The Morgan fingerprint density at radius 1 is 1.42 bits per heavy atom. The van der Waals surface area contributed by atoms with Crippen LogP contribution in [0.15, 0.2) is 12.2 Å². The fourth-order valence-corrected chi connectivity index (χ4v) is 3.77. The molecule has 2 bridgehead atoms. The number of carbonyl (C=O) groups is 1. The van der Waals surface area contributed by atoms with Crippen LogP contribution in [0.25, 0.3) is 0 Å². The van der Waals surface area contributed by atoms with Crippen LogP contribution < -0.4 is 0 Å². The first-order valence-corrected chi connectivity index (χ1v) is 6.86. The summed E-state index contributed by atoms with van der Waals surface area (Å²) in [6.07, 6.45) is 5.09. The summed E-state index contributed by atoms with van der Waals surface area (Å²) in [4.78, 5) is 10.9. The summed E-state index contributed by atoms with van der Waals surface area (Å²) in [6, 6.07) is 0. The number of hydrogen-bond donors (Lipinski definition) is 1. The average Bonchev–Trinajstić information content (AvgIpc) is 2.58. The molecular weight excluding hydrogens is 244 g/mol. The van der Waals surface area contributed by atoms with E-state index < -0.39 is 11.2 Å². The van der Waals surface area contributed by atoms with Crippen molar-refractivity contribution in [2.24, 2.45) is 5.41 Å². The van der Waals surface area contributed by atoms with Gasteiger partial charge in [0.1, 0.15) is 11.7 Å². The van der Waals surface area contributed by atoms with E-state index in [9.17, 15) is 9.90 Å². The summed E-state index contributed by atoms with van der Waals surface area (Å²) in [5.74, 6) is -0.308. The molecule has 0 unspecified atom stereocenters. The predicted octanol–water partition coefficient (Wildman–Crippen LogP) is 2.20. The number of aliphatic hydroxyl groups is 1. The molecule has 0 aromatic rings. The van der Waals surface area contributed by atoms with Crippen LogP contribution in [0, 0.1) is 5.41 Å². The Labute approximate surface area is 114 Å². The highest BCUT2D eigenvalue weighted by Crippen LogP contribution is 2.60. The van der Waals surface area contributed by atoms with E-state index in [0.29, 0.717) is 6.42 Å². The molecule has 4 nitrogen and oxygen atoms in total. The standard InChI is InChI=1S/C15H24O4/c1-10(18-11(2)16)6-7-15-13(3,4)8-12(19-15)9-14(15,5)17/h6-7,10,12,17H,8-9H2,1-5H3/b7-6+/t10-,12-,14+,15+/m0/s1. The van der Waals surface area contributed by atoms with E-state index in [0.717, 1.165) is 6.42 Å². The molecule has 0 saturated carbocycles. The highest BCUT2D eigenvalue weighted by Gasteiger charge is 2.67. The SMILES string of the molecule is CC(=O)O[C@@H](C)/C=C/[C@@]12O[C@@H](CC1(C)C)C[C@@]2(C)O. The zero-order chi connectivity index (χ0) is 14.5. The minimum atomic E-state index is -0.883. The van der Waals surface area contributed by atoms with Crippen molar-refractivity contribution in [3.05, 3.63) is 12.2 Å². The summed E-state index contributed by atoms with van der Waals surface area (Å²) in [5, 5.41) is 10.7. The Kier molecular flexibility index (Phi) is 3.30. The second kappa shape index (κ2) is 4.32. The highest BCUT2D eigenvalue weighted by molar-refractivity contribution is 5.66. The maximum atomic E-state index is 10.9. The summed E-state index contributed by atoms with van der Waals surface area (Å²) in [7, 11) is 0. The van der Waals surface area contributed by atoms with Crippen molar-refractivity contribution in [2.75, 3.05) is 0 Å². The van der Waals surface area contributed by atoms with Gasteiger partial charge >= 0.3 is 5.97 Å². The lowest BCUT2D eigenvalue weighted by Crippen LogP contribution is -2.56. The second-order valence-corrected chi connectivity index (χ2v) is 6.72. The minimum absolute atomic E-state index is 0.110. The maximum Gasteiger partial charge on any atom is 0.303 e. The molecule has 108 valence electrons. The van der Waals surface area contributed by atoms with Crippen molar-refractivity contribution in [2.45, 2.75) is 70.9 Å². The van der Waals surface area contributed by atoms with Crippen LogP contribution in [0.5, 0.6) is 0 Å². The molecule has 4 atom stereocenters. The molecule has 0 radical (unpaired) electrons. The fraction of sp³-hybridized carbons (Fsp3) is 0.800. The normalized spacial score (nSPS) is 41.7. The van der Waals surface area contributed by atoms with Gasteiger partial charge in [-0.1, -0.05) is 13.8 Å². The van der Waals surface area contributed by atoms with Crippen LogP contribution in [0.2, 0.25) is 0 Å². The van der Waals surface area contributed by atoms with Crippen LogP contribution in [-0.4, -0.2) is 34.5 Å². The molecule has 0 aliphatic carbocycles. The predicted molar refractivity (Wildman–Crippen MR) is 71.6 cm³/mol. The molecule has 0 amide bonds. The quantitative estimate of drug-likeness (QED) is 0.630. The molecule has 0 aromatic heterocycles. The molecule has 2 heterocycles. The number of esters is 1. The third-order valence-electron chi connectivity index (χ3n) is 4.48. The van der Waals surface area contributed by atoms with E-state index in [1.807, 2.05) is 19.1 Å². The van der Waals surface area contributed by atoms with Gasteiger partial charge in [0, 0.05) is 18.8 Å². The summed E-state index contributed by atoms with van der Waals surface area (Å²) in [6.45, 7) is 9.25. The van der Waals surface area contributed by atoms with Gasteiger partial charge in [0.25, 0.3) is 0 Å². The van der Waals surface area contributed by atoms with Gasteiger partial charge in [0.05, 0.1) is 11.7 Å². The van der Waals surface area contributed by atoms with Crippen LogP contribution in [0.1, 0.15) is 47.5 Å². The van der Waals surface area contributed by atoms with Gasteiger partial charge in [-0.05, 0) is 32.4 Å². The number of ether oxygens (including phenoxy) is 2. The van der Waals surface area contributed by atoms with E-state index in [4.69, 9.17) is 9.47 Å². The van der Waals surface area contributed by atoms with Gasteiger partial charge in [0.2, 0.25) is 0 Å². The van der Waals surface area contributed by atoms with Crippen molar-refractivity contribution in [1.82, 2.24) is 0 Å². The van der Waals surface area contributed by atoms with Gasteiger partial charge in [-0.15, -0.1) is 0 Å². The summed E-state index contributed by atoms with van der Waals surface area (Å²) in [5.41, 5.74) is -1.71. The molecule has 2 aliphatic rings. The lowest BCUT2D eigenvalue weighted by molar-refractivity contribution is -0.143. The van der Waals surface area contributed by atoms with Crippen molar-refractivity contribution >= 4 is 5.97 Å². The third kappa shape index (κ3) is 2.21. The molecule has 1 N–H and O–H groups in total. The van der Waals surface area contributed by atoms with Gasteiger partial charge in [0.15, 0.2) is 0 Å². The minimum Gasteiger partial charge on any atom is -0.459 e. The largest absolute Gasteiger partial charge is 0.459 e. The zero-order valence-corrected chi connectivity index (χ0v) is 12.4. The van der Waals surface area contributed by atoms with E-state index in [1.165, 1.54) is 6.92 Å². The van der Waals surface area contributed by atoms with Crippen molar-refractivity contribution < 1.29 is 19.4 Å². The van der Waals surface area contributed by atoms with Crippen molar-refractivity contribution in [3.63, 3.8) is 0 Å². The molecule has 0 spiro atoms. The monoisotopic (exact) mass is 268 g/mol. The number of fused-ring (bicyclic) bond motifs is 2. The summed E-state index contributed by atoms with van der Waals surface area (Å²) < 4.78 is 11.2. The Morgan fingerprint density at radius 2 is 2.05 bits per heavy atom. The Hall–Kier alpha value is -0.870. The first-order chi connectivity index (χ1) is 8.60. The molecule has 2 rings (SSSR count). The van der Waals surface area contributed by atoms with Crippen LogP contribution in [0.4, 0.5) is 0 Å². The Balaban J connectivity index is 2.24.